The van der Waals surface area contributed by atoms with Crippen molar-refractivity contribution in [2.45, 2.75) is 27.7 Å². The fourth-order valence-corrected chi connectivity index (χ4v) is 3.69. The zero-order valence-corrected chi connectivity index (χ0v) is 17.4. The molecule has 0 aliphatic carbocycles. The number of likely N-dealkylation sites (N-methyl/N-ethyl adjacent to an activating group) is 1. The van der Waals surface area contributed by atoms with Crippen LogP contribution in [0.2, 0.25) is 0 Å². The molecule has 0 radical (unpaired) electrons. The number of aromatic nitrogens is 1. The van der Waals surface area contributed by atoms with Crippen LogP contribution < -0.4 is 10.6 Å². The molecule has 6 nitrogen and oxygen atoms in total. The highest BCUT2D eigenvalue weighted by Crippen LogP contribution is 2.34. The van der Waals surface area contributed by atoms with Crippen LogP contribution in [-0.4, -0.2) is 47.8 Å². The van der Waals surface area contributed by atoms with Crippen molar-refractivity contribution in [1.29, 1.82) is 5.41 Å². The average molecular weight is 397 g/mol. The van der Waals surface area contributed by atoms with Crippen LogP contribution in [0.5, 0.6) is 0 Å². The molecule has 0 saturated heterocycles. The molecule has 4 N–H and O–H groups in total. The molecule has 7 heteroatoms. The lowest BCUT2D eigenvalue weighted by atomic mass is 10.0. The van der Waals surface area contributed by atoms with E-state index >= 15 is 0 Å². The number of H-pyrrole nitrogens is 1. The number of carbonyl (C=O) groups excluding carboxylic acids is 1. The first-order chi connectivity index (χ1) is 13.8. The fraction of sp³-hybridized carbons (Fsp3) is 0.364. The highest BCUT2D eigenvalue weighted by Gasteiger charge is 2.23. The van der Waals surface area contributed by atoms with Crippen molar-refractivity contribution in [3.05, 3.63) is 52.1 Å². The number of nitrogens with one attached hydrogen (secondary N) is 4. The Morgan fingerprint density at radius 2 is 2.00 bits per heavy atom. The summed E-state index contributed by atoms with van der Waals surface area (Å²) in [5.74, 6) is -0.250. The first kappa shape index (κ1) is 20.8. The summed E-state index contributed by atoms with van der Waals surface area (Å²) >= 11 is 0. The predicted octanol–water partition coefficient (Wildman–Crippen LogP) is 3.79. The average Bonchev–Trinajstić information content (AvgIpc) is 3.14. The van der Waals surface area contributed by atoms with Gasteiger partial charge in [-0.2, -0.15) is 0 Å². The molecule has 1 aliphatic heterocycles. The zero-order valence-electron chi connectivity index (χ0n) is 17.4. The van der Waals surface area contributed by atoms with Crippen LogP contribution in [-0.2, 0) is 0 Å². The van der Waals surface area contributed by atoms with Gasteiger partial charge in [-0.1, -0.05) is 13.8 Å². The van der Waals surface area contributed by atoms with Crippen LogP contribution in [0.4, 0.5) is 10.1 Å². The number of anilines is 1. The molecule has 0 atom stereocenters. The molecule has 1 amide bonds. The molecule has 2 heterocycles. The molecule has 0 unspecified atom stereocenters. The minimum absolute atomic E-state index is 0.112. The van der Waals surface area contributed by atoms with Crippen molar-refractivity contribution in [2.24, 2.45) is 0 Å². The predicted molar refractivity (Wildman–Crippen MR) is 116 cm³/mol. The number of amidine groups is 1. The standard InChI is InChI=1S/C22H28FN5O/c1-5-28(6-2)10-9-25-22(29)20-13(3)19(26-14(20)4)12-17-16-11-15(23)7-8-18(16)27-21(17)24/h7-8,11-12,26H,5-6,9-10H2,1-4H3,(H2,24,27)(H,25,29)/b17-12-. The van der Waals surface area contributed by atoms with E-state index in [1.807, 2.05) is 13.8 Å². The van der Waals surface area contributed by atoms with Crippen molar-refractivity contribution in [2.75, 3.05) is 31.5 Å². The van der Waals surface area contributed by atoms with Crippen LogP contribution in [0.3, 0.4) is 0 Å². The van der Waals surface area contributed by atoms with E-state index in [0.717, 1.165) is 36.6 Å². The number of halogens is 1. The highest BCUT2D eigenvalue weighted by molar-refractivity contribution is 6.36. The Balaban J connectivity index is 1.83. The van der Waals surface area contributed by atoms with E-state index < -0.39 is 0 Å². The Morgan fingerprint density at radius 3 is 2.69 bits per heavy atom. The Bertz CT molecular complexity index is 972. The zero-order chi connectivity index (χ0) is 21.1. The molecule has 1 aromatic carbocycles. The molecule has 3 rings (SSSR count). The number of carbonyl (C=O) groups is 1. The summed E-state index contributed by atoms with van der Waals surface area (Å²) in [6.45, 7) is 11.2. The molecule has 0 saturated carbocycles. The van der Waals surface area contributed by atoms with E-state index in [1.54, 1.807) is 12.1 Å². The van der Waals surface area contributed by atoms with Crippen LogP contribution in [0, 0.1) is 25.1 Å². The minimum atomic E-state index is -0.348. The lowest BCUT2D eigenvalue weighted by molar-refractivity contribution is 0.0948. The normalized spacial score (nSPS) is 14.4. The number of fused-ring (bicyclic) bond motifs is 1. The minimum Gasteiger partial charge on any atom is -0.358 e. The monoisotopic (exact) mass is 397 g/mol. The molecule has 0 fully saturated rings. The summed E-state index contributed by atoms with van der Waals surface area (Å²) in [6, 6.07) is 4.41. The Labute approximate surface area is 170 Å². The maximum atomic E-state index is 13.7. The number of hydrogen-bond donors (Lipinski definition) is 4. The van der Waals surface area contributed by atoms with E-state index in [2.05, 4.69) is 34.4 Å². The summed E-state index contributed by atoms with van der Waals surface area (Å²) < 4.78 is 13.7. The lowest BCUT2D eigenvalue weighted by Gasteiger charge is -2.18. The molecular formula is C22H28FN5O. The second-order valence-electron chi connectivity index (χ2n) is 7.19. The van der Waals surface area contributed by atoms with Gasteiger partial charge in [-0.3, -0.25) is 10.2 Å². The topological polar surface area (TPSA) is 84.0 Å². The van der Waals surface area contributed by atoms with Crippen LogP contribution in [0.1, 0.15) is 46.7 Å². The third kappa shape index (κ3) is 4.24. The van der Waals surface area contributed by atoms with Gasteiger partial charge in [0.05, 0.1) is 5.56 Å². The van der Waals surface area contributed by atoms with Crippen molar-refractivity contribution < 1.29 is 9.18 Å². The lowest BCUT2D eigenvalue weighted by Crippen LogP contribution is -2.35. The number of aryl methyl sites for hydroxylation is 1. The van der Waals surface area contributed by atoms with Crippen molar-refractivity contribution in [1.82, 2.24) is 15.2 Å². The van der Waals surface area contributed by atoms with Gasteiger partial charge in [-0.05, 0) is 56.8 Å². The van der Waals surface area contributed by atoms with Gasteiger partial charge in [-0.15, -0.1) is 0 Å². The summed E-state index contributed by atoms with van der Waals surface area (Å²) in [6.07, 6.45) is 1.80. The summed E-state index contributed by atoms with van der Waals surface area (Å²) in [4.78, 5) is 18.2. The van der Waals surface area contributed by atoms with E-state index in [9.17, 15) is 9.18 Å². The van der Waals surface area contributed by atoms with Gasteiger partial charge in [0.15, 0.2) is 0 Å². The number of hydrogen-bond acceptors (Lipinski definition) is 3. The van der Waals surface area contributed by atoms with Gasteiger partial charge in [0, 0.05) is 41.3 Å². The van der Waals surface area contributed by atoms with Gasteiger partial charge in [0.1, 0.15) is 11.7 Å². The quantitative estimate of drug-likeness (QED) is 0.574. The first-order valence-corrected chi connectivity index (χ1v) is 9.92. The smallest absolute Gasteiger partial charge is 0.253 e. The van der Waals surface area contributed by atoms with Crippen LogP contribution in [0.25, 0.3) is 11.6 Å². The molecule has 0 spiro atoms. The van der Waals surface area contributed by atoms with E-state index in [0.29, 0.717) is 28.9 Å². The van der Waals surface area contributed by atoms with Crippen molar-refractivity contribution in [3.8, 4) is 0 Å². The van der Waals surface area contributed by atoms with Crippen LogP contribution >= 0.6 is 0 Å². The fourth-order valence-electron chi connectivity index (χ4n) is 3.69. The third-order valence-electron chi connectivity index (χ3n) is 5.40. The molecule has 2 aromatic rings. The van der Waals surface area contributed by atoms with Gasteiger partial charge < -0.3 is 20.5 Å². The number of rotatable bonds is 7. The molecule has 154 valence electrons. The second-order valence-corrected chi connectivity index (χ2v) is 7.19. The molecular weight excluding hydrogens is 369 g/mol. The van der Waals surface area contributed by atoms with Gasteiger partial charge in [-0.25, -0.2) is 4.39 Å². The van der Waals surface area contributed by atoms with Gasteiger partial charge in [0.25, 0.3) is 5.91 Å². The van der Waals surface area contributed by atoms with Gasteiger partial charge >= 0.3 is 0 Å². The Kier molecular flexibility index (Phi) is 6.17. The largest absolute Gasteiger partial charge is 0.358 e. The third-order valence-corrected chi connectivity index (χ3v) is 5.40. The molecule has 29 heavy (non-hydrogen) atoms. The number of nitrogens with zero attached hydrogens (tertiary/aromatic N) is 1. The summed E-state index contributed by atoms with van der Waals surface area (Å²) in [5, 5.41) is 14.1. The van der Waals surface area contributed by atoms with Crippen LogP contribution in [0.15, 0.2) is 18.2 Å². The second kappa shape index (κ2) is 8.61. The SMILES string of the molecule is CCN(CC)CCNC(=O)c1c(C)[nH]c(/C=C2\C(=N)Nc3ccc(F)cc32)c1C. The van der Waals surface area contributed by atoms with E-state index in [1.165, 1.54) is 12.1 Å². The van der Waals surface area contributed by atoms with Crippen molar-refractivity contribution >= 4 is 29.1 Å². The van der Waals surface area contributed by atoms with E-state index in [4.69, 9.17) is 5.41 Å². The summed E-state index contributed by atoms with van der Waals surface area (Å²) in [5.41, 5.74) is 4.89. The Hall–Kier alpha value is -2.93. The highest BCUT2D eigenvalue weighted by atomic mass is 19.1. The summed E-state index contributed by atoms with van der Waals surface area (Å²) in [7, 11) is 0. The molecule has 0 bridgehead atoms. The molecule has 1 aromatic heterocycles. The maximum Gasteiger partial charge on any atom is 0.253 e. The maximum absolute atomic E-state index is 13.7. The van der Waals surface area contributed by atoms with Crippen molar-refractivity contribution in [3.63, 3.8) is 0 Å². The number of aromatic amines is 1. The Morgan fingerprint density at radius 1 is 1.28 bits per heavy atom. The number of benzene rings is 1. The van der Waals surface area contributed by atoms with Gasteiger partial charge in [0.2, 0.25) is 0 Å². The first-order valence-electron chi connectivity index (χ1n) is 9.92. The van der Waals surface area contributed by atoms with E-state index in [-0.39, 0.29) is 17.6 Å². The number of amides is 1. The molecule has 1 aliphatic rings.